The standard InChI is InChI=1S/C20H28FN3O3S.2ClH/c1-13-10-23(7-6-22-13)11-19(25)24-12-20(2,3)15-8-16(21)18(9-17(15)24)28(26,27)14-4-5-14;;/h8-9,13-14,22H,4-7,10-12H2,1-3H3;2*1H. The lowest BCUT2D eigenvalue weighted by molar-refractivity contribution is -0.120. The van der Waals surface area contributed by atoms with E-state index in [-0.39, 0.29) is 42.2 Å². The summed E-state index contributed by atoms with van der Waals surface area (Å²) in [5.74, 6) is -0.772. The molecular weight excluding hydrogens is 452 g/mol. The molecule has 2 fully saturated rings. The van der Waals surface area contributed by atoms with Crippen LogP contribution in [0.2, 0.25) is 0 Å². The van der Waals surface area contributed by atoms with Crippen molar-refractivity contribution in [2.45, 2.75) is 55.2 Å². The highest BCUT2D eigenvalue weighted by molar-refractivity contribution is 7.92. The molecule has 1 saturated carbocycles. The minimum absolute atomic E-state index is 0. The van der Waals surface area contributed by atoms with Gasteiger partial charge in [-0.25, -0.2) is 12.8 Å². The quantitative estimate of drug-likeness (QED) is 0.715. The number of carbonyl (C=O) groups excluding carboxylic acids is 1. The molecule has 1 aromatic carbocycles. The van der Waals surface area contributed by atoms with Gasteiger partial charge in [0.15, 0.2) is 9.84 Å². The number of amides is 1. The Morgan fingerprint density at radius 3 is 2.53 bits per heavy atom. The summed E-state index contributed by atoms with van der Waals surface area (Å²) in [6.07, 6.45) is 1.16. The van der Waals surface area contributed by atoms with Crippen LogP contribution in [0.3, 0.4) is 0 Å². The highest BCUT2D eigenvalue weighted by Crippen LogP contribution is 2.44. The van der Waals surface area contributed by atoms with Crippen molar-refractivity contribution in [2.24, 2.45) is 0 Å². The second-order valence-corrected chi connectivity index (χ2v) is 11.2. The number of benzene rings is 1. The predicted octanol–water partition coefficient (Wildman–Crippen LogP) is 2.52. The second-order valence-electron chi connectivity index (χ2n) is 9.00. The van der Waals surface area contributed by atoms with Gasteiger partial charge in [0, 0.05) is 43.3 Å². The van der Waals surface area contributed by atoms with E-state index >= 15 is 0 Å². The summed E-state index contributed by atoms with van der Waals surface area (Å²) in [7, 11) is -3.67. The number of fused-ring (bicyclic) bond motifs is 1. The Labute approximate surface area is 190 Å². The summed E-state index contributed by atoms with van der Waals surface area (Å²) in [6, 6.07) is 3.05. The summed E-state index contributed by atoms with van der Waals surface area (Å²) in [5, 5.41) is 2.87. The van der Waals surface area contributed by atoms with Crippen LogP contribution < -0.4 is 10.2 Å². The average molecular weight is 482 g/mol. The third kappa shape index (κ3) is 4.63. The van der Waals surface area contributed by atoms with Gasteiger partial charge in [0.1, 0.15) is 10.7 Å². The summed E-state index contributed by atoms with van der Waals surface area (Å²) < 4.78 is 40.0. The van der Waals surface area contributed by atoms with Gasteiger partial charge in [-0.15, -0.1) is 24.8 Å². The molecule has 1 saturated heterocycles. The maximum atomic E-state index is 14.7. The fourth-order valence-corrected chi connectivity index (χ4v) is 6.03. The molecule has 2 heterocycles. The van der Waals surface area contributed by atoms with Crippen LogP contribution in [-0.2, 0) is 20.0 Å². The van der Waals surface area contributed by atoms with Gasteiger partial charge in [-0.3, -0.25) is 9.69 Å². The Morgan fingerprint density at radius 2 is 1.93 bits per heavy atom. The molecule has 3 aliphatic rings. The van der Waals surface area contributed by atoms with Crippen molar-refractivity contribution in [3.8, 4) is 0 Å². The van der Waals surface area contributed by atoms with E-state index in [1.54, 1.807) is 4.90 Å². The number of rotatable bonds is 4. The smallest absolute Gasteiger partial charge is 0.241 e. The summed E-state index contributed by atoms with van der Waals surface area (Å²) in [6.45, 7) is 9.14. The number of halogens is 3. The predicted molar refractivity (Wildman–Crippen MR) is 120 cm³/mol. The number of nitrogens with zero attached hydrogens (tertiary/aromatic N) is 2. The lowest BCUT2D eigenvalue weighted by Gasteiger charge is -2.32. The molecule has 1 amide bonds. The third-order valence-electron chi connectivity index (χ3n) is 6.01. The maximum Gasteiger partial charge on any atom is 0.241 e. The molecule has 0 bridgehead atoms. The number of carbonyl (C=O) groups is 1. The molecular formula is C20H30Cl2FN3O3S. The average Bonchev–Trinajstić information content (AvgIpc) is 3.42. The zero-order valence-electron chi connectivity index (χ0n) is 17.5. The van der Waals surface area contributed by atoms with Gasteiger partial charge >= 0.3 is 0 Å². The number of piperazine rings is 1. The Balaban J connectivity index is 0.00000160. The van der Waals surface area contributed by atoms with Crippen molar-refractivity contribution < 1.29 is 17.6 Å². The molecule has 1 unspecified atom stereocenters. The van der Waals surface area contributed by atoms with E-state index in [1.165, 1.54) is 12.1 Å². The van der Waals surface area contributed by atoms with Crippen molar-refractivity contribution in [1.29, 1.82) is 0 Å². The number of sulfone groups is 1. The molecule has 0 aromatic heterocycles. The molecule has 1 N–H and O–H groups in total. The Hall–Kier alpha value is -0.930. The maximum absolute atomic E-state index is 14.7. The number of nitrogens with one attached hydrogen (secondary N) is 1. The van der Waals surface area contributed by atoms with E-state index in [9.17, 15) is 17.6 Å². The fourth-order valence-electron chi connectivity index (χ4n) is 4.30. The van der Waals surface area contributed by atoms with Gasteiger partial charge in [0.05, 0.1) is 11.8 Å². The molecule has 30 heavy (non-hydrogen) atoms. The van der Waals surface area contributed by atoms with Gasteiger partial charge in [0.2, 0.25) is 5.91 Å². The lowest BCUT2D eigenvalue weighted by Crippen LogP contribution is -2.52. The molecule has 1 aliphatic carbocycles. The highest BCUT2D eigenvalue weighted by Gasteiger charge is 2.43. The third-order valence-corrected chi connectivity index (χ3v) is 8.28. The van der Waals surface area contributed by atoms with Crippen LogP contribution in [0.4, 0.5) is 10.1 Å². The SMILES string of the molecule is CC1CN(CC(=O)N2CC(C)(C)c3cc(F)c(S(=O)(=O)C4CC4)cc32)CCN1.Cl.Cl. The van der Waals surface area contributed by atoms with Crippen molar-refractivity contribution in [1.82, 2.24) is 10.2 Å². The molecule has 170 valence electrons. The van der Waals surface area contributed by atoms with Crippen molar-refractivity contribution >= 4 is 46.2 Å². The van der Waals surface area contributed by atoms with E-state index in [4.69, 9.17) is 0 Å². The summed E-state index contributed by atoms with van der Waals surface area (Å²) in [5.41, 5.74) is 0.811. The summed E-state index contributed by atoms with van der Waals surface area (Å²) in [4.78, 5) is 16.6. The first kappa shape index (κ1) is 25.3. The first-order valence-corrected chi connectivity index (χ1v) is 11.5. The normalized spacial score (nSPS) is 23.3. The molecule has 6 nitrogen and oxygen atoms in total. The minimum Gasteiger partial charge on any atom is -0.312 e. The fraction of sp³-hybridized carbons (Fsp3) is 0.650. The largest absolute Gasteiger partial charge is 0.312 e. The van der Waals surface area contributed by atoms with E-state index in [0.717, 1.165) is 19.6 Å². The lowest BCUT2D eigenvalue weighted by atomic mass is 9.87. The van der Waals surface area contributed by atoms with Crippen LogP contribution in [-0.4, -0.2) is 63.2 Å². The van der Waals surface area contributed by atoms with E-state index in [1.807, 2.05) is 13.8 Å². The van der Waals surface area contributed by atoms with Gasteiger partial charge in [-0.05, 0) is 37.5 Å². The molecule has 0 spiro atoms. The monoisotopic (exact) mass is 481 g/mol. The molecule has 0 radical (unpaired) electrons. The van der Waals surface area contributed by atoms with Crippen LogP contribution in [0.5, 0.6) is 0 Å². The topological polar surface area (TPSA) is 69.7 Å². The van der Waals surface area contributed by atoms with Gasteiger partial charge in [-0.2, -0.15) is 0 Å². The van der Waals surface area contributed by atoms with Crippen LogP contribution in [0.1, 0.15) is 39.2 Å². The number of hydrogen-bond acceptors (Lipinski definition) is 5. The first-order valence-electron chi connectivity index (χ1n) is 9.93. The zero-order valence-corrected chi connectivity index (χ0v) is 19.9. The number of hydrogen-bond donors (Lipinski definition) is 1. The highest BCUT2D eigenvalue weighted by atomic mass is 35.5. The van der Waals surface area contributed by atoms with Gasteiger partial charge in [0.25, 0.3) is 0 Å². The second kappa shape index (κ2) is 8.90. The van der Waals surface area contributed by atoms with Crippen LogP contribution >= 0.6 is 24.8 Å². The van der Waals surface area contributed by atoms with Crippen LogP contribution in [0, 0.1) is 5.82 Å². The Bertz CT molecular complexity index is 922. The molecule has 1 aromatic rings. The zero-order chi connectivity index (χ0) is 20.3. The summed E-state index contributed by atoms with van der Waals surface area (Å²) >= 11 is 0. The van der Waals surface area contributed by atoms with Crippen molar-refractivity contribution in [3.63, 3.8) is 0 Å². The van der Waals surface area contributed by atoms with Gasteiger partial charge in [-0.1, -0.05) is 13.8 Å². The van der Waals surface area contributed by atoms with Crippen LogP contribution in [0.25, 0.3) is 0 Å². The van der Waals surface area contributed by atoms with Crippen molar-refractivity contribution in [3.05, 3.63) is 23.5 Å². The van der Waals surface area contributed by atoms with E-state index in [2.05, 4.69) is 17.1 Å². The molecule has 10 heteroatoms. The first-order chi connectivity index (χ1) is 13.1. The van der Waals surface area contributed by atoms with Crippen LogP contribution in [0.15, 0.2) is 17.0 Å². The Morgan fingerprint density at radius 1 is 1.27 bits per heavy atom. The molecule has 1 atom stereocenters. The van der Waals surface area contributed by atoms with Crippen molar-refractivity contribution in [2.75, 3.05) is 37.6 Å². The van der Waals surface area contributed by atoms with E-state index < -0.39 is 26.3 Å². The molecule has 2 aliphatic heterocycles. The molecule has 4 rings (SSSR count). The minimum atomic E-state index is -3.67. The van der Waals surface area contributed by atoms with E-state index in [0.29, 0.717) is 36.7 Å². The van der Waals surface area contributed by atoms with Gasteiger partial charge < -0.3 is 10.2 Å². The number of anilines is 1. The Kier molecular flexibility index (Phi) is 7.52.